The molecule has 0 aliphatic carbocycles. The van der Waals surface area contributed by atoms with Gasteiger partial charge in [0.2, 0.25) is 0 Å². The van der Waals surface area contributed by atoms with Crippen molar-refractivity contribution in [2.45, 2.75) is 32.5 Å². The van der Waals surface area contributed by atoms with Crippen LogP contribution < -0.4 is 4.80 Å². The maximum atomic E-state index is 13.0. The highest BCUT2D eigenvalue weighted by molar-refractivity contribution is 7.16. The van der Waals surface area contributed by atoms with E-state index in [-0.39, 0.29) is 22.8 Å². The van der Waals surface area contributed by atoms with Gasteiger partial charge >= 0.3 is 12.1 Å². The highest BCUT2D eigenvalue weighted by atomic mass is 32.1. The molecule has 0 fully saturated rings. The Bertz CT molecular complexity index is 1180. The Hall–Kier alpha value is -2.94. The fourth-order valence-electron chi connectivity index (χ4n) is 2.86. The molecule has 3 aromatic rings. The van der Waals surface area contributed by atoms with Crippen molar-refractivity contribution in [2.75, 3.05) is 7.11 Å². The summed E-state index contributed by atoms with van der Waals surface area (Å²) in [5.41, 5.74) is 0.647. The van der Waals surface area contributed by atoms with Gasteiger partial charge in [0, 0.05) is 5.56 Å². The molecule has 0 radical (unpaired) electrons. The molecule has 9 heteroatoms. The number of amides is 1. The summed E-state index contributed by atoms with van der Waals surface area (Å²) in [5.74, 6) is -1.08. The van der Waals surface area contributed by atoms with Crippen molar-refractivity contribution in [1.29, 1.82) is 0 Å². The van der Waals surface area contributed by atoms with Crippen LogP contribution in [-0.2, 0) is 22.3 Å². The van der Waals surface area contributed by atoms with E-state index in [0.717, 1.165) is 28.5 Å². The molecule has 1 aromatic heterocycles. The van der Waals surface area contributed by atoms with Crippen LogP contribution in [0.5, 0.6) is 0 Å². The standard InChI is InChI=1S/C21H19F3N2O3S/c1-12(2)13-7-8-16-17(10-13)30-20(26(16)11-18(27)29-3)25-19(28)14-5-4-6-15(9-14)21(22,23)24/h4-10,12H,11H2,1-3H3. The number of fused-ring (bicyclic) bond motifs is 1. The number of esters is 1. The molecule has 0 aliphatic heterocycles. The molecule has 3 rings (SSSR count). The molecule has 158 valence electrons. The Morgan fingerprint density at radius 1 is 1.17 bits per heavy atom. The van der Waals surface area contributed by atoms with Crippen LogP contribution in [0.15, 0.2) is 47.5 Å². The van der Waals surface area contributed by atoms with Crippen molar-refractivity contribution in [3.63, 3.8) is 0 Å². The van der Waals surface area contributed by atoms with Crippen LogP contribution in [0, 0.1) is 0 Å². The Labute approximate surface area is 174 Å². The lowest BCUT2D eigenvalue weighted by atomic mass is 10.0. The van der Waals surface area contributed by atoms with E-state index in [0.29, 0.717) is 5.52 Å². The number of aromatic nitrogens is 1. The van der Waals surface area contributed by atoms with E-state index in [1.54, 1.807) is 0 Å². The molecule has 0 N–H and O–H groups in total. The summed E-state index contributed by atoms with van der Waals surface area (Å²) in [7, 11) is 1.25. The SMILES string of the molecule is COC(=O)Cn1c(=NC(=O)c2cccc(C(F)(F)F)c2)sc2cc(C(C)C)ccc21. The van der Waals surface area contributed by atoms with Crippen LogP contribution in [0.1, 0.15) is 41.3 Å². The van der Waals surface area contributed by atoms with Gasteiger partial charge in [-0.05, 0) is 41.8 Å². The van der Waals surface area contributed by atoms with E-state index >= 15 is 0 Å². The first-order valence-corrected chi connectivity index (χ1v) is 9.88. The molecule has 0 spiro atoms. The number of ether oxygens (including phenoxy) is 1. The molecule has 5 nitrogen and oxygen atoms in total. The minimum atomic E-state index is -4.56. The largest absolute Gasteiger partial charge is 0.468 e. The van der Waals surface area contributed by atoms with E-state index in [9.17, 15) is 22.8 Å². The smallest absolute Gasteiger partial charge is 0.416 e. The first kappa shape index (κ1) is 21.8. The van der Waals surface area contributed by atoms with Gasteiger partial charge in [0.25, 0.3) is 5.91 Å². The van der Waals surface area contributed by atoms with Gasteiger partial charge in [-0.3, -0.25) is 9.59 Å². The molecule has 1 heterocycles. The van der Waals surface area contributed by atoms with Crippen LogP contribution in [0.3, 0.4) is 0 Å². The molecule has 0 aliphatic rings. The number of rotatable bonds is 4. The number of carbonyl (C=O) groups excluding carboxylic acids is 2. The third kappa shape index (κ3) is 4.62. The lowest BCUT2D eigenvalue weighted by Gasteiger charge is -2.07. The second kappa shape index (κ2) is 8.43. The first-order chi connectivity index (χ1) is 14.1. The summed E-state index contributed by atoms with van der Waals surface area (Å²) in [6.07, 6.45) is -4.56. The predicted octanol–water partition coefficient (Wildman–Crippen LogP) is 4.76. The fourth-order valence-corrected chi connectivity index (χ4v) is 3.94. The molecule has 30 heavy (non-hydrogen) atoms. The minimum Gasteiger partial charge on any atom is -0.468 e. The third-order valence-electron chi connectivity index (χ3n) is 4.52. The number of hydrogen-bond donors (Lipinski definition) is 0. The average molecular weight is 436 g/mol. The van der Waals surface area contributed by atoms with Crippen molar-refractivity contribution in [3.8, 4) is 0 Å². The summed E-state index contributed by atoms with van der Waals surface area (Å²) in [6, 6.07) is 9.79. The second-order valence-electron chi connectivity index (χ2n) is 6.92. The summed E-state index contributed by atoms with van der Waals surface area (Å²) >= 11 is 1.19. The minimum absolute atomic E-state index is 0.174. The Balaban J connectivity index is 2.13. The van der Waals surface area contributed by atoms with Crippen LogP contribution >= 0.6 is 11.3 Å². The van der Waals surface area contributed by atoms with Crippen LogP contribution in [0.25, 0.3) is 10.2 Å². The maximum Gasteiger partial charge on any atom is 0.416 e. The maximum absolute atomic E-state index is 13.0. The van der Waals surface area contributed by atoms with Crippen molar-refractivity contribution >= 4 is 33.4 Å². The third-order valence-corrected chi connectivity index (χ3v) is 5.56. The summed E-state index contributed by atoms with van der Waals surface area (Å²) in [6.45, 7) is 3.91. The molecule has 2 aromatic carbocycles. The number of thiazole rings is 1. The quantitative estimate of drug-likeness (QED) is 0.554. The Morgan fingerprint density at radius 3 is 2.53 bits per heavy atom. The zero-order chi connectivity index (χ0) is 22.1. The number of benzene rings is 2. The zero-order valence-electron chi connectivity index (χ0n) is 16.5. The topological polar surface area (TPSA) is 60.7 Å². The highest BCUT2D eigenvalue weighted by Gasteiger charge is 2.30. The predicted molar refractivity (Wildman–Crippen MR) is 107 cm³/mol. The van der Waals surface area contributed by atoms with E-state index in [1.165, 1.54) is 29.1 Å². The van der Waals surface area contributed by atoms with Crippen LogP contribution in [0.2, 0.25) is 0 Å². The van der Waals surface area contributed by atoms with E-state index < -0.39 is 23.6 Å². The highest BCUT2D eigenvalue weighted by Crippen LogP contribution is 2.29. The molecule has 0 atom stereocenters. The van der Waals surface area contributed by atoms with E-state index in [2.05, 4.69) is 4.99 Å². The van der Waals surface area contributed by atoms with E-state index in [4.69, 9.17) is 4.74 Å². The Morgan fingerprint density at radius 2 is 1.90 bits per heavy atom. The van der Waals surface area contributed by atoms with Gasteiger partial charge in [0.1, 0.15) is 6.54 Å². The van der Waals surface area contributed by atoms with Gasteiger partial charge in [-0.2, -0.15) is 18.2 Å². The van der Waals surface area contributed by atoms with Gasteiger partial charge in [-0.25, -0.2) is 0 Å². The molecule has 0 saturated heterocycles. The number of nitrogens with zero attached hydrogens (tertiary/aromatic N) is 2. The number of carbonyl (C=O) groups is 2. The van der Waals surface area contributed by atoms with Gasteiger partial charge < -0.3 is 9.30 Å². The summed E-state index contributed by atoms with van der Waals surface area (Å²) < 4.78 is 45.9. The van der Waals surface area contributed by atoms with E-state index in [1.807, 2.05) is 32.0 Å². The Kier molecular flexibility index (Phi) is 6.12. The van der Waals surface area contributed by atoms with Crippen LogP contribution in [-0.4, -0.2) is 23.6 Å². The van der Waals surface area contributed by atoms with Crippen molar-refractivity contribution in [2.24, 2.45) is 4.99 Å². The second-order valence-corrected chi connectivity index (χ2v) is 7.93. The molecular weight excluding hydrogens is 417 g/mol. The fraction of sp³-hybridized carbons (Fsp3) is 0.286. The number of halogens is 3. The van der Waals surface area contributed by atoms with Gasteiger partial charge in [-0.15, -0.1) is 0 Å². The van der Waals surface area contributed by atoms with Crippen molar-refractivity contribution < 1.29 is 27.5 Å². The molecule has 1 amide bonds. The van der Waals surface area contributed by atoms with Crippen molar-refractivity contribution in [1.82, 2.24) is 4.57 Å². The van der Waals surface area contributed by atoms with Crippen molar-refractivity contribution in [3.05, 3.63) is 64.0 Å². The molecular formula is C21H19F3N2O3S. The monoisotopic (exact) mass is 436 g/mol. The first-order valence-electron chi connectivity index (χ1n) is 9.06. The molecule has 0 saturated carbocycles. The van der Waals surface area contributed by atoms with Gasteiger partial charge in [0.05, 0.1) is 22.9 Å². The summed E-state index contributed by atoms with van der Waals surface area (Å²) in [5, 5.41) is 0. The zero-order valence-corrected chi connectivity index (χ0v) is 17.3. The number of methoxy groups -OCH3 is 1. The average Bonchev–Trinajstić information content (AvgIpc) is 3.03. The molecule has 0 bridgehead atoms. The van der Waals surface area contributed by atoms with Gasteiger partial charge in [0.15, 0.2) is 4.80 Å². The number of alkyl halides is 3. The molecule has 0 unspecified atom stereocenters. The summed E-state index contributed by atoms with van der Waals surface area (Å²) in [4.78, 5) is 28.7. The lowest BCUT2D eigenvalue weighted by Crippen LogP contribution is -2.22. The lowest BCUT2D eigenvalue weighted by molar-refractivity contribution is -0.141. The normalized spacial score (nSPS) is 12.6. The van der Waals surface area contributed by atoms with Crippen LogP contribution in [0.4, 0.5) is 13.2 Å². The van der Waals surface area contributed by atoms with Gasteiger partial charge in [-0.1, -0.05) is 37.3 Å². The number of hydrogen-bond acceptors (Lipinski definition) is 4.